The molecule has 0 aromatic heterocycles. The highest BCUT2D eigenvalue weighted by molar-refractivity contribution is 5.34. The van der Waals surface area contributed by atoms with Gasteiger partial charge in [-0.1, -0.05) is 0 Å². The van der Waals surface area contributed by atoms with Crippen LogP contribution in [0.1, 0.15) is 0 Å². The van der Waals surface area contributed by atoms with Crippen molar-refractivity contribution in [2.45, 2.75) is 22.7 Å². The Morgan fingerprint density at radius 2 is 0.714 bits per heavy atom. The average molecular weight is 202 g/mol. The topological polar surface area (TPSA) is 208 Å². The van der Waals surface area contributed by atoms with Gasteiger partial charge in [0, 0.05) is 0 Å². The van der Waals surface area contributed by atoms with Crippen LogP contribution in [-0.2, 0) is 0 Å². The zero-order valence-corrected chi connectivity index (χ0v) is 7.77. The molecule has 0 spiro atoms. The van der Waals surface area contributed by atoms with E-state index in [-0.39, 0.29) is 0 Å². The first-order chi connectivity index (χ1) is 5.96. The molecule has 0 atom stereocenters. The Hall–Kier alpha value is -0.580. The largest absolute Gasteiger partial charge is 0.308 e. The van der Waals surface area contributed by atoms with Crippen LogP contribution in [0.15, 0.2) is 12.2 Å². The lowest BCUT2D eigenvalue weighted by Crippen LogP contribution is -2.97. The molecule has 8 nitrogen and oxygen atoms in total. The Labute approximate surface area is 81.6 Å². The van der Waals surface area contributed by atoms with Crippen molar-refractivity contribution >= 4 is 0 Å². The predicted molar refractivity (Wildman–Crippen MR) is 53.6 cm³/mol. The molecule has 16 N–H and O–H groups in total. The summed E-state index contributed by atoms with van der Waals surface area (Å²) in [6.07, 6.45) is 2.59. The van der Waals surface area contributed by atoms with E-state index in [0.29, 0.717) is 0 Å². The van der Waals surface area contributed by atoms with Crippen molar-refractivity contribution in [3.63, 3.8) is 0 Å². The van der Waals surface area contributed by atoms with Crippen LogP contribution in [0.5, 0.6) is 0 Å². The first-order valence-corrected chi connectivity index (χ1v) is 3.97. The summed E-state index contributed by atoms with van der Waals surface area (Å²) in [6.45, 7) is 0. The summed E-state index contributed by atoms with van der Waals surface area (Å²) in [5, 5.41) is 0. The molecule has 0 bridgehead atoms. The molecule has 1 aliphatic rings. The molecule has 82 valence electrons. The molecule has 0 aromatic rings. The van der Waals surface area contributed by atoms with Crippen molar-refractivity contribution in [1.82, 2.24) is 0 Å². The molecule has 0 radical (unpaired) electrons. The van der Waals surface area contributed by atoms with Gasteiger partial charge in [0.15, 0.2) is 0 Å². The average Bonchev–Trinajstić information content (AvgIpc) is 1.98. The summed E-state index contributed by atoms with van der Waals surface area (Å²) < 4.78 is 0. The highest BCUT2D eigenvalue weighted by Crippen LogP contribution is 2.28. The number of hydrogen-bond acceptors (Lipinski definition) is 8. The van der Waals surface area contributed by atoms with Gasteiger partial charge in [-0.05, 0) is 12.2 Å². The van der Waals surface area contributed by atoms with E-state index in [1.807, 2.05) is 0 Å². The standard InChI is InChI=1S/C6H18N8/c7-3(8)1-2-4(9,10)6(13,14)5(3,11)12/h1-2H,7-14H2. The summed E-state index contributed by atoms with van der Waals surface area (Å²) in [5.74, 6) is 0. The summed E-state index contributed by atoms with van der Waals surface area (Å²) >= 11 is 0. The van der Waals surface area contributed by atoms with Gasteiger partial charge in [0.05, 0.1) is 0 Å². The van der Waals surface area contributed by atoms with Gasteiger partial charge in [-0.15, -0.1) is 0 Å². The van der Waals surface area contributed by atoms with Crippen LogP contribution in [0.25, 0.3) is 0 Å². The Morgan fingerprint density at radius 1 is 0.500 bits per heavy atom. The van der Waals surface area contributed by atoms with E-state index >= 15 is 0 Å². The van der Waals surface area contributed by atoms with E-state index in [4.69, 9.17) is 45.9 Å². The quantitative estimate of drug-likeness (QED) is 0.140. The second-order valence-electron chi connectivity index (χ2n) is 3.94. The maximum absolute atomic E-state index is 5.68. The minimum Gasteiger partial charge on any atom is -0.308 e. The third kappa shape index (κ3) is 1.11. The van der Waals surface area contributed by atoms with Crippen molar-refractivity contribution in [2.75, 3.05) is 0 Å². The van der Waals surface area contributed by atoms with Crippen molar-refractivity contribution in [3.8, 4) is 0 Å². The SMILES string of the molecule is NC1(N)C=CC(N)(N)C(N)(N)C1(N)N. The van der Waals surface area contributed by atoms with Gasteiger partial charge in [-0.2, -0.15) is 0 Å². The third-order valence-electron chi connectivity index (χ3n) is 2.75. The molecular formula is C6H18N8. The first kappa shape index (κ1) is 11.5. The summed E-state index contributed by atoms with van der Waals surface area (Å²) in [4.78, 5) is 0. The normalized spacial score (nSPS) is 31.4. The van der Waals surface area contributed by atoms with Gasteiger partial charge >= 0.3 is 0 Å². The molecule has 0 fully saturated rings. The number of hydrogen-bond donors (Lipinski definition) is 8. The van der Waals surface area contributed by atoms with E-state index in [1.54, 1.807) is 0 Å². The van der Waals surface area contributed by atoms with Crippen LogP contribution in [-0.4, -0.2) is 22.7 Å². The zero-order chi connectivity index (χ0) is 11.4. The van der Waals surface area contributed by atoms with Crippen LogP contribution in [0.2, 0.25) is 0 Å². The smallest absolute Gasteiger partial charge is 0.135 e. The van der Waals surface area contributed by atoms with E-state index in [1.165, 1.54) is 12.2 Å². The molecular weight excluding hydrogens is 184 g/mol. The van der Waals surface area contributed by atoms with Gasteiger partial charge < -0.3 is 45.9 Å². The molecule has 0 aliphatic heterocycles. The highest BCUT2D eigenvalue weighted by atomic mass is 15.3. The third-order valence-corrected chi connectivity index (χ3v) is 2.75. The molecule has 0 saturated heterocycles. The number of rotatable bonds is 0. The van der Waals surface area contributed by atoms with E-state index in [9.17, 15) is 0 Å². The Balaban J connectivity index is 3.36. The van der Waals surface area contributed by atoms with Gasteiger partial charge in [0.25, 0.3) is 0 Å². The minimum atomic E-state index is -1.82. The van der Waals surface area contributed by atoms with E-state index in [2.05, 4.69) is 0 Å². The second-order valence-corrected chi connectivity index (χ2v) is 3.94. The van der Waals surface area contributed by atoms with Crippen LogP contribution in [0.3, 0.4) is 0 Å². The molecule has 0 saturated carbocycles. The maximum atomic E-state index is 5.68. The minimum absolute atomic E-state index is 1.30. The highest BCUT2D eigenvalue weighted by Gasteiger charge is 2.61. The molecule has 1 aliphatic carbocycles. The lowest BCUT2D eigenvalue weighted by Gasteiger charge is -2.56. The fourth-order valence-corrected chi connectivity index (χ4v) is 1.27. The summed E-state index contributed by atoms with van der Waals surface area (Å²) in [6, 6.07) is 0. The Bertz CT molecular complexity index is 248. The van der Waals surface area contributed by atoms with Gasteiger partial charge in [-0.3, -0.25) is 0 Å². The zero-order valence-electron chi connectivity index (χ0n) is 7.77. The molecule has 8 heteroatoms. The van der Waals surface area contributed by atoms with Gasteiger partial charge in [0.1, 0.15) is 22.7 Å². The van der Waals surface area contributed by atoms with Gasteiger partial charge in [0.2, 0.25) is 0 Å². The second kappa shape index (κ2) is 2.51. The molecule has 1 rings (SSSR count). The van der Waals surface area contributed by atoms with Crippen molar-refractivity contribution in [3.05, 3.63) is 12.2 Å². The molecule has 14 heavy (non-hydrogen) atoms. The molecule has 0 aromatic carbocycles. The Kier molecular flexibility index (Phi) is 2.06. The van der Waals surface area contributed by atoms with Crippen LogP contribution in [0.4, 0.5) is 0 Å². The Morgan fingerprint density at radius 3 is 0.929 bits per heavy atom. The van der Waals surface area contributed by atoms with Gasteiger partial charge in [-0.25, -0.2) is 0 Å². The fourth-order valence-electron chi connectivity index (χ4n) is 1.27. The van der Waals surface area contributed by atoms with Crippen LogP contribution >= 0.6 is 0 Å². The van der Waals surface area contributed by atoms with Crippen LogP contribution < -0.4 is 45.9 Å². The molecule has 0 amide bonds. The van der Waals surface area contributed by atoms with Crippen molar-refractivity contribution in [1.29, 1.82) is 0 Å². The van der Waals surface area contributed by atoms with Crippen LogP contribution in [0, 0.1) is 0 Å². The summed E-state index contributed by atoms with van der Waals surface area (Å²) in [7, 11) is 0. The first-order valence-electron chi connectivity index (χ1n) is 3.97. The molecule has 0 heterocycles. The lowest BCUT2D eigenvalue weighted by molar-refractivity contribution is 0.0830. The monoisotopic (exact) mass is 202 g/mol. The van der Waals surface area contributed by atoms with Crippen molar-refractivity contribution in [2.24, 2.45) is 45.9 Å². The summed E-state index contributed by atoms with van der Waals surface area (Å²) in [5.41, 5.74) is 38.4. The van der Waals surface area contributed by atoms with E-state index in [0.717, 1.165) is 0 Å². The van der Waals surface area contributed by atoms with E-state index < -0.39 is 22.7 Å². The van der Waals surface area contributed by atoms with Crippen molar-refractivity contribution < 1.29 is 0 Å². The predicted octanol–water partition coefficient (Wildman–Crippen LogP) is -4.99. The number of nitrogens with two attached hydrogens (primary N) is 8. The lowest BCUT2D eigenvalue weighted by atomic mass is 9.72. The molecule has 0 unspecified atom stereocenters. The fraction of sp³-hybridized carbons (Fsp3) is 0.667. The maximum Gasteiger partial charge on any atom is 0.135 e.